The minimum atomic E-state index is -4.81. The lowest BCUT2D eigenvalue weighted by molar-refractivity contribution is -0.274. The van der Waals surface area contributed by atoms with Crippen LogP contribution in [0.2, 0.25) is 0 Å². The zero-order chi connectivity index (χ0) is 20.3. The van der Waals surface area contributed by atoms with E-state index in [4.69, 9.17) is 0 Å². The van der Waals surface area contributed by atoms with Gasteiger partial charge in [-0.2, -0.15) is 0 Å². The van der Waals surface area contributed by atoms with Crippen LogP contribution in [0, 0.1) is 0 Å². The number of carbonyl (C=O) groups excluding carboxylic acids is 3. The van der Waals surface area contributed by atoms with Gasteiger partial charge in [-0.1, -0.05) is 6.07 Å². The van der Waals surface area contributed by atoms with E-state index in [1.54, 1.807) is 18.2 Å². The molecule has 3 rings (SSSR count). The van der Waals surface area contributed by atoms with Crippen molar-refractivity contribution in [2.75, 3.05) is 11.9 Å². The fraction of sp³-hybridized carbons (Fsp3) is 0.118. The number of hydrogen-bond donors (Lipinski definition) is 1. The Labute approximate surface area is 165 Å². The molecule has 11 heteroatoms. The highest BCUT2D eigenvalue weighted by Gasteiger charge is 2.36. The molecule has 0 bridgehead atoms. The van der Waals surface area contributed by atoms with Crippen LogP contribution in [0.4, 0.5) is 23.7 Å². The van der Waals surface area contributed by atoms with Crippen LogP contribution in [0.3, 0.4) is 0 Å². The maximum absolute atomic E-state index is 12.3. The number of thioether (sulfide) groups is 1. The van der Waals surface area contributed by atoms with Crippen molar-refractivity contribution < 1.29 is 32.3 Å². The lowest BCUT2D eigenvalue weighted by atomic mass is 10.3. The topological polar surface area (TPSA) is 75.7 Å². The van der Waals surface area contributed by atoms with E-state index in [0.29, 0.717) is 0 Å². The number of rotatable bonds is 5. The molecule has 0 radical (unpaired) electrons. The molecule has 1 saturated heterocycles. The molecule has 0 aliphatic carbocycles. The van der Waals surface area contributed by atoms with Gasteiger partial charge in [-0.05, 0) is 53.5 Å². The molecule has 1 aromatic carbocycles. The average Bonchev–Trinajstić information content (AvgIpc) is 3.20. The summed E-state index contributed by atoms with van der Waals surface area (Å²) in [4.78, 5) is 38.3. The van der Waals surface area contributed by atoms with Crippen molar-refractivity contribution in [3.8, 4) is 5.75 Å². The van der Waals surface area contributed by atoms with Gasteiger partial charge in [0.25, 0.3) is 11.1 Å². The predicted octanol–water partition coefficient (Wildman–Crippen LogP) is 4.32. The number of ether oxygens (including phenoxy) is 1. The van der Waals surface area contributed by atoms with E-state index in [1.807, 2.05) is 5.38 Å². The van der Waals surface area contributed by atoms with E-state index in [9.17, 15) is 27.6 Å². The first-order chi connectivity index (χ1) is 13.2. The van der Waals surface area contributed by atoms with Crippen molar-refractivity contribution in [2.45, 2.75) is 6.36 Å². The van der Waals surface area contributed by atoms with Crippen molar-refractivity contribution in [1.29, 1.82) is 0 Å². The summed E-state index contributed by atoms with van der Waals surface area (Å²) in [6, 6.07) is 8.09. The summed E-state index contributed by atoms with van der Waals surface area (Å²) >= 11 is 2.14. The van der Waals surface area contributed by atoms with Gasteiger partial charge in [-0.3, -0.25) is 19.3 Å². The molecular weight excluding hydrogens is 417 g/mol. The van der Waals surface area contributed by atoms with Crippen LogP contribution in [0.1, 0.15) is 4.88 Å². The van der Waals surface area contributed by atoms with Crippen LogP contribution in [0.25, 0.3) is 6.08 Å². The van der Waals surface area contributed by atoms with Crippen LogP contribution >= 0.6 is 23.1 Å². The monoisotopic (exact) mass is 428 g/mol. The number of benzene rings is 1. The van der Waals surface area contributed by atoms with E-state index in [0.717, 1.165) is 33.7 Å². The van der Waals surface area contributed by atoms with E-state index in [-0.39, 0.29) is 10.6 Å². The summed E-state index contributed by atoms with van der Waals surface area (Å²) in [6.45, 7) is -0.507. The van der Waals surface area contributed by atoms with Crippen molar-refractivity contribution in [1.82, 2.24) is 4.90 Å². The molecule has 0 spiro atoms. The summed E-state index contributed by atoms with van der Waals surface area (Å²) in [5.41, 5.74) is 0.195. The third-order valence-electron chi connectivity index (χ3n) is 3.36. The molecule has 1 aliphatic heterocycles. The SMILES string of the molecule is O=C(CN1C(=O)S/C(=C\c2cccs2)C1=O)Nc1ccc(OC(F)(F)F)cc1. The van der Waals surface area contributed by atoms with Gasteiger partial charge in [0.2, 0.25) is 5.91 Å². The van der Waals surface area contributed by atoms with Gasteiger partial charge in [-0.25, -0.2) is 0 Å². The molecule has 0 unspecified atom stereocenters. The number of thiophene rings is 1. The van der Waals surface area contributed by atoms with Crippen molar-refractivity contribution in [2.24, 2.45) is 0 Å². The highest BCUT2D eigenvalue weighted by atomic mass is 32.2. The van der Waals surface area contributed by atoms with Gasteiger partial charge in [0.1, 0.15) is 12.3 Å². The Hall–Kier alpha value is -2.79. The molecular formula is C17H11F3N2O4S2. The third-order valence-corrected chi connectivity index (χ3v) is 5.09. The summed E-state index contributed by atoms with van der Waals surface area (Å²) < 4.78 is 40.1. The quantitative estimate of drug-likeness (QED) is 0.718. The highest BCUT2D eigenvalue weighted by Crippen LogP contribution is 2.33. The molecule has 2 aromatic rings. The Bertz CT molecular complexity index is 925. The van der Waals surface area contributed by atoms with Crippen LogP contribution < -0.4 is 10.1 Å². The smallest absolute Gasteiger partial charge is 0.406 e. The second-order valence-electron chi connectivity index (χ2n) is 5.40. The van der Waals surface area contributed by atoms with Gasteiger partial charge in [-0.15, -0.1) is 24.5 Å². The first-order valence-corrected chi connectivity index (χ1v) is 9.35. The van der Waals surface area contributed by atoms with Gasteiger partial charge in [0, 0.05) is 10.6 Å². The summed E-state index contributed by atoms with van der Waals surface area (Å²) in [5, 5.41) is 3.67. The largest absolute Gasteiger partial charge is 0.573 e. The fourth-order valence-electron chi connectivity index (χ4n) is 2.22. The molecule has 2 heterocycles. The first-order valence-electron chi connectivity index (χ1n) is 7.66. The van der Waals surface area contributed by atoms with Gasteiger partial charge >= 0.3 is 6.36 Å². The standard InChI is InChI=1S/C17H11F3N2O4S2/c18-17(19,20)26-11-5-3-10(4-6-11)21-14(23)9-22-15(24)13(28-16(22)25)8-12-2-1-7-27-12/h1-8H,9H2,(H,21,23)/b13-8-. The molecule has 28 heavy (non-hydrogen) atoms. The Balaban J connectivity index is 1.60. The normalized spacial score (nSPS) is 16.0. The zero-order valence-corrected chi connectivity index (χ0v) is 15.5. The Kier molecular flexibility index (Phi) is 5.75. The lowest BCUT2D eigenvalue weighted by Gasteiger charge is -2.13. The van der Waals surface area contributed by atoms with Crippen LogP contribution in [-0.2, 0) is 9.59 Å². The number of carbonyl (C=O) groups is 3. The number of anilines is 1. The fourth-order valence-corrected chi connectivity index (χ4v) is 3.78. The number of nitrogens with zero attached hydrogens (tertiary/aromatic N) is 1. The Morgan fingerprint density at radius 3 is 2.50 bits per heavy atom. The van der Waals surface area contributed by atoms with Crippen molar-refractivity contribution in [3.63, 3.8) is 0 Å². The maximum Gasteiger partial charge on any atom is 0.573 e. The molecule has 3 amide bonds. The van der Waals surface area contributed by atoms with E-state index >= 15 is 0 Å². The zero-order valence-electron chi connectivity index (χ0n) is 13.9. The van der Waals surface area contributed by atoms with Crippen molar-refractivity contribution >= 4 is 51.9 Å². The number of halogens is 3. The average molecular weight is 428 g/mol. The Morgan fingerprint density at radius 1 is 1.18 bits per heavy atom. The molecule has 0 saturated carbocycles. The molecule has 146 valence electrons. The Morgan fingerprint density at radius 2 is 1.89 bits per heavy atom. The van der Waals surface area contributed by atoms with Gasteiger partial charge < -0.3 is 10.1 Å². The highest BCUT2D eigenvalue weighted by molar-refractivity contribution is 8.18. The number of amides is 3. The second kappa shape index (κ2) is 8.07. The van der Waals surface area contributed by atoms with E-state index in [2.05, 4.69) is 10.1 Å². The maximum atomic E-state index is 12.3. The number of alkyl halides is 3. The minimum absolute atomic E-state index is 0.195. The van der Waals surface area contributed by atoms with Crippen LogP contribution in [0.15, 0.2) is 46.7 Å². The first kappa shape index (κ1) is 20.0. The molecule has 1 aliphatic rings. The van der Waals surface area contributed by atoms with Crippen LogP contribution in [-0.4, -0.2) is 34.9 Å². The number of hydrogen-bond acceptors (Lipinski definition) is 6. The van der Waals surface area contributed by atoms with E-state index in [1.165, 1.54) is 23.5 Å². The lowest BCUT2D eigenvalue weighted by Crippen LogP contribution is -2.36. The van der Waals surface area contributed by atoms with E-state index < -0.39 is 35.7 Å². The summed E-state index contributed by atoms with van der Waals surface area (Å²) in [5.74, 6) is -1.67. The second-order valence-corrected chi connectivity index (χ2v) is 7.38. The summed E-state index contributed by atoms with van der Waals surface area (Å²) in [6.07, 6.45) is -3.24. The molecule has 1 N–H and O–H groups in total. The molecule has 6 nitrogen and oxygen atoms in total. The number of nitrogens with one attached hydrogen (secondary N) is 1. The molecule has 1 aromatic heterocycles. The minimum Gasteiger partial charge on any atom is -0.406 e. The molecule has 1 fully saturated rings. The summed E-state index contributed by atoms with van der Waals surface area (Å²) in [7, 11) is 0. The van der Waals surface area contributed by atoms with Crippen LogP contribution in [0.5, 0.6) is 5.75 Å². The molecule has 0 atom stereocenters. The third kappa shape index (κ3) is 5.14. The van der Waals surface area contributed by atoms with Gasteiger partial charge in [0.05, 0.1) is 4.91 Å². The predicted molar refractivity (Wildman–Crippen MR) is 98.8 cm³/mol. The number of imide groups is 1. The van der Waals surface area contributed by atoms with Gasteiger partial charge in [0.15, 0.2) is 0 Å². The van der Waals surface area contributed by atoms with Crippen molar-refractivity contribution in [3.05, 3.63) is 51.6 Å².